The first-order chi connectivity index (χ1) is 19.8. The minimum Gasteiger partial charge on any atom is -0.367 e. The van der Waals surface area contributed by atoms with Crippen LogP contribution in [0.3, 0.4) is 0 Å². The first-order valence-corrected chi connectivity index (χ1v) is 13.6. The minimum atomic E-state index is -4.26. The maximum absolute atomic E-state index is 12.8. The van der Waals surface area contributed by atoms with Crippen LogP contribution in [0.2, 0.25) is 0 Å². The van der Waals surface area contributed by atoms with Gasteiger partial charge in [0.25, 0.3) is 0 Å². The second-order valence-electron chi connectivity index (χ2n) is 10.7. The molecule has 2 aromatic carbocycles. The van der Waals surface area contributed by atoms with Crippen molar-refractivity contribution in [2.75, 3.05) is 18.4 Å². The van der Waals surface area contributed by atoms with Crippen molar-refractivity contribution in [3.63, 3.8) is 0 Å². The van der Waals surface area contributed by atoms with Gasteiger partial charge in [-0.1, -0.05) is 12.1 Å². The number of likely N-dealkylation sites (tertiary alicyclic amines) is 1. The van der Waals surface area contributed by atoms with E-state index in [0.29, 0.717) is 23.6 Å². The molecule has 1 fully saturated rings. The lowest BCUT2D eigenvalue weighted by atomic mass is 10.0. The fourth-order valence-corrected chi connectivity index (χ4v) is 5.73. The molecule has 5 aromatic rings. The van der Waals surface area contributed by atoms with E-state index >= 15 is 0 Å². The van der Waals surface area contributed by atoms with E-state index in [-0.39, 0.29) is 11.6 Å². The molecule has 0 saturated carbocycles. The Balaban J connectivity index is 1.11. The number of fused-ring (bicyclic) bond motifs is 2. The van der Waals surface area contributed by atoms with Gasteiger partial charge in [-0.2, -0.15) is 23.5 Å². The zero-order valence-electron chi connectivity index (χ0n) is 22.5. The lowest BCUT2D eigenvalue weighted by Gasteiger charge is -2.33. The number of hydrogen-bond donors (Lipinski definition) is 2. The molecule has 41 heavy (non-hydrogen) atoms. The Hall–Kier alpha value is -4.43. The number of halogens is 3. The topological polar surface area (TPSA) is 98.5 Å². The van der Waals surface area contributed by atoms with E-state index < -0.39 is 12.6 Å². The number of anilines is 1. The Morgan fingerprint density at radius 2 is 1.88 bits per heavy atom. The summed E-state index contributed by atoms with van der Waals surface area (Å²) in [6.45, 7) is 5.33. The highest BCUT2D eigenvalue weighted by atomic mass is 19.4. The van der Waals surface area contributed by atoms with Gasteiger partial charge in [-0.05, 0) is 60.7 Å². The number of H-pyrrole nitrogens is 1. The smallest absolute Gasteiger partial charge is 0.367 e. The van der Waals surface area contributed by atoms with Crippen LogP contribution >= 0.6 is 0 Å². The molecule has 4 heterocycles. The second kappa shape index (κ2) is 10.9. The molecule has 0 atom stereocenters. The van der Waals surface area contributed by atoms with E-state index in [4.69, 9.17) is 0 Å². The Kier molecular flexibility index (Phi) is 7.09. The summed E-state index contributed by atoms with van der Waals surface area (Å²) in [5.74, 6) is 0.654. The third-order valence-corrected chi connectivity index (χ3v) is 7.90. The zero-order valence-corrected chi connectivity index (χ0v) is 22.5. The van der Waals surface area contributed by atoms with Crippen LogP contribution in [0.4, 0.5) is 19.0 Å². The van der Waals surface area contributed by atoms with Crippen molar-refractivity contribution in [3.05, 3.63) is 83.1 Å². The first kappa shape index (κ1) is 26.8. The third kappa shape index (κ3) is 5.74. The van der Waals surface area contributed by atoms with Crippen molar-refractivity contribution in [2.45, 2.75) is 51.5 Å². The number of hydrogen-bond acceptors (Lipinski definition) is 6. The average molecular weight is 559 g/mol. The number of nitrogens with one attached hydrogen (secondary N) is 2. The molecule has 0 radical (unpaired) electrons. The SMILES string of the molecule is Cc1c(CN2CCC(Nc3ncnc4cc(CC(F)(F)F)ccc34)CC2)ccc2c1cc(C#N)n2Cc1cn[nH]c1. The molecule has 1 saturated heterocycles. The molecule has 11 heteroatoms. The lowest BCUT2D eigenvalue weighted by molar-refractivity contribution is -0.127. The van der Waals surface area contributed by atoms with Crippen LogP contribution < -0.4 is 5.32 Å². The van der Waals surface area contributed by atoms with Crippen molar-refractivity contribution < 1.29 is 13.2 Å². The second-order valence-corrected chi connectivity index (χ2v) is 10.7. The van der Waals surface area contributed by atoms with Crippen molar-refractivity contribution in [3.8, 4) is 6.07 Å². The number of piperidine rings is 1. The minimum absolute atomic E-state index is 0.190. The van der Waals surface area contributed by atoms with Gasteiger partial charge < -0.3 is 9.88 Å². The Bertz CT molecular complexity index is 1730. The fourth-order valence-electron chi connectivity index (χ4n) is 5.73. The zero-order chi connectivity index (χ0) is 28.6. The number of nitriles is 1. The normalized spacial score (nSPS) is 15.0. The number of alkyl halides is 3. The number of nitrogens with zero attached hydrogens (tertiary/aromatic N) is 6. The number of aromatic nitrogens is 5. The van der Waals surface area contributed by atoms with Gasteiger partial charge in [-0.25, -0.2) is 9.97 Å². The van der Waals surface area contributed by atoms with E-state index in [2.05, 4.69) is 55.5 Å². The predicted molar refractivity (Wildman–Crippen MR) is 150 cm³/mol. The molecular formula is C30H29F3N8. The van der Waals surface area contributed by atoms with Crippen LogP contribution in [-0.4, -0.2) is 54.9 Å². The Morgan fingerprint density at radius 3 is 2.61 bits per heavy atom. The molecule has 1 aliphatic rings. The number of aromatic amines is 1. The molecule has 0 amide bonds. The number of rotatable bonds is 7. The first-order valence-electron chi connectivity index (χ1n) is 13.6. The molecule has 0 bridgehead atoms. The van der Waals surface area contributed by atoms with Crippen LogP contribution in [0.25, 0.3) is 21.8 Å². The van der Waals surface area contributed by atoms with Gasteiger partial charge in [0.2, 0.25) is 0 Å². The van der Waals surface area contributed by atoms with Crippen molar-refractivity contribution in [2.24, 2.45) is 0 Å². The summed E-state index contributed by atoms with van der Waals surface area (Å²) in [6, 6.07) is 13.4. The highest BCUT2D eigenvalue weighted by Gasteiger charge is 2.28. The number of aryl methyl sites for hydroxylation is 1. The van der Waals surface area contributed by atoms with Gasteiger partial charge in [-0.15, -0.1) is 0 Å². The highest BCUT2D eigenvalue weighted by Crippen LogP contribution is 2.29. The fraction of sp³-hybridized carbons (Fsp3) is 0.333. The van der Waals surface area contributed by atoms with Crippen LogP contribution in [0.1, 0.15) is 40.8 Å². The van der Waals surface area contributed by atoms with Crippen molar-refractivity contribution in [1.82, 2.24) is 29.6 Å². The van der Waals surface area contributed by atoms with Crippen molar-refractivity contribution >= 4 is 27.6 Å². The predicted octanol–water partition coefficient (Wildman–Crippen LogP) is 5.72. The highest BCUT2D eigenvalue weighted by molar-refractivity contribution is 5.89. The van der Waals surface area contributed by atoms with E-state index in [9.17, 15) is 18.4 Å². The molecule has 210 valence electrons. The molecule has 0 unspecified atom stereocenters. The Labute approximate surface area is 234 Å². The molecule has 8 nitrogen and oxygen atoms in total. The Morgan fingerprint density at radius 1 is 1.05 bits per heavy atom. The molecule has 0 spiro atoms. The molecule has 0 aliphatic carbocycles. The molecule has 3 aromatic heterocycles. The summed E-state index contributed by atoms with van der Waals surface area (Å²) in [5, 5.41) is 21.9. The van der Waals surface area contributed by atoms with Gasteiger partial charge >= 0.3 is 6.18 Å². The van der Waals surface area contributed by atoms with Gasteiger partial charge in [0.15, 0.2) is 0 Å². The summed E-state index contributed by atoms with van der Waals surface area (Å²) in [7, 11) is 0. The summed E-state index contributed by atoms with van der Waals surface area (Å²) >= 11 is 0. The van der Waals surface area contributed by atoms with Gasteiger partial charge in [-0.3, -0.25) is 10.00 Å². The van der Waals surface area contributed by atoms with Crippen LogP contribution in [0.15, 0.2) is 55.1 Å². The quantitative estimate of drug-likeness (QED) is 0.265. The summed E-state index contributed by atoms with van der Waals surface area (Å²) in [6.07, 6.45) is 1.61. The van der Waals surface area contributed by atoms with Crippen LogP contribution in [0.5, 0.6) is 0 Å². The lowest BCUT2D eigenvalue weighted by Crippen LogP contribution is -2.39. The monoisotopic (exact) mass is 558 g/mol. The van der Waals surface area contributed by atoms with E-state index in [0.717, 1.165) is 54.3 Å². The maximum atomic E-state index is 12.8. The van der Waals surface area contributed by atoms with Crippen LogP contribution in [0, 0.1) is 18.3 Å². The standard InChI is InChI=1S/C30H29F3N8/c1-19-22(3-5-28-26(19)11-24(13-34)41(28)16-21-14-37-38-15-21)17-40-8-6-23(7-9-40)39-29-25-4-2-20(12-30(31,32)33)10-27(25)35-18-36-29/h2-5,10-11,14-15,18,23H,6-9,12,16-17H2,1H3,(H,37,38)(H,35,36,39). The number of benzene rings is 2. The molecule has 6 rings (SSSR count). The van der Waals surface area contributed by atoms with Gasteiger partial charge in [0.1, 0.15) is 23.9 Å². The van der Waals surface area contributed by atoms with E-state index in [1.807, 2.05) is 16.8 Å². The summed E-state index contributed by atoms with van der Waals surface area (Å²) < 4.78 is 40.5. The van der Waals surface area contributed by atoms with Gasteiger partial charge in [0, 0.05) is 53.7 Å². The molecule has 1 aliphatic heterocycles. The average Bonchev–Trinajstić information content (AvgIpc) is 3.59. The van der Waals surface area contributed by atoms with Crippen molar-refractivity contribution in [1.29, 1.82) is 5.26 Å². The maximum Gasteiger partial charge on any atom is 0.393 e. The summed E-state index contributed by atoms with van der Waals surface area (Å²) in [5.41, 5.74) is 5.79. The van der Waals surface area contributed by atoms with E-state index in [1.165, 1.54) is 29.6 Å². The van der Waals surface area contributed by atoms with Gasteiger partial charge in [0.05, 0.1) is 24.7 Å². The largest absolute Gasteiger partial charge is 0.393 e. The van der Waals surface area contributed by atoms with Crippen LogP contribution in [-0.2, 0) is 19.5 Å². The molecular weight excluding hydrogens is 529 g/mol. The third-order valence-electron chi connectivity index (χ3n) is 7.90. The molecule has 2 N–H and O–H groups in total. The van der Waals surface area contributed by atoms with E-state index in [1.54, 1.807) is 12.3 Å². The summed E-state index contributed by atoms with van der Waals surface area (Å²) in [4.78, 5) is 11.0.